The fraction of sp³-hybridized carbons (Fsp3) is 0.333. The molecule has 0 aliphatic heterocycles. The molecule has 0 atom stereocenters. The Labute approximate surface area is 108 Å². The molecule has 0 N–H and O–H groups in total. The highest BCUT2D eigenvalue weighted by Crippen LogP contribution is 2.56. The lowest BCUT2D eigenvalue weighted by Crippen LogP contribution is -2.57. The second-order valence-electron chi connectivity index (χ2n) is 3.48. The van der Waals surface area contributed by atoms with E-state index in [4.69, 9.17) is 0 Å². The van der Waals surface area contributed by atoms with Crippen molar-refractivity contribution in [3.63, 3.8) is 0 Å². The van der Waals surface area contributed by atoms with E-state index in [9.17, 15) is 34.8 Å². The topological polar surface area (TPSA) is 34.1 Å². The number of halogens is 7. The molecule has 1 aromatic carbocycles. The van der Waals surface area contributed by atoms with Crippen LogP contribution in [-0.4, -0.2) is 20.8 Å². The molecular weight excluding hydrogens is 322 g/mol. The Morgan fingerprint density at radius 1 is 0.842 bits per heavy atom. The Bertz CT molecular complexity index is 534. The molecule has 0 aliphatic rings. The maximum Gasteiger partial charge on any atom is 0.422 e. The van der Waals surface area contributed by atoms with Crippen molar-refractivity contribution in [3.05, 3.63) is 35.9 Å². The van der Waals surface area contributed by atoms with E-state index in [0.717, 1.165) is 18.2 Å². The summed E-state index contributed by atoms with van der Waals surface area (Å²) < 4.78 is 94.2. The van der Waals surface area contributed by atoms with Gasteiger partial charge in [-0.2, -0.15) is 26.3 Å². The van der Waals surface area contributed by atoms with E-state index in [1.165, 1.54) is 0 Å². The summed E-state index contributed by atoms with van der Waals surface area (Å²) in [5.74, 6) is 0. The maximum atomic E-state index is 12.9. The highest BCUT2D eigenvalue weighted by atomic mass is 35.7. The molecule has 0 heterocycles. The van der Waals surface area contributed by atoms with Crippen LogP contribution in [0.3, 0.4) is 0 Å². The second-order valence-corrected chi connectivity index (χ2v) is 6.19. The predicted octanol–water partition coefficient (Wildman–Crippen LogP) is 3.58. The summed E-state index contributed by atoms with van der Waals surface area (Å²) in [6, 6.07) is 3.65. The molecule has 0 unspecified atom stereocenters. The molecule has 0 spiro atoms. The zero-order valence-corrected chi connectivity index (χ0v) is 10.3. The van der Waals surface area contributed by atoms with Crippen LogP contribution in [0.25, 0.3) is 0 Å². The molecule has 0 saturated carbocycles. The van der Waals surface area contributed by atoms with Gasteiger partial charge in [0.15, 0.2) is 0 Å². The number of alkyl halides is 6. The molecule has 19 heavy (non-hydrogen) atoms. The third kappa shape index (κ3) is 2.40. The number of hydrogen-bond donors (Lipinski definition) is 0. The van der Waals surface area contributed by atoms with E-state index in [1.807, 2.05) is 0 Å². The van der Waals surface area contributed by atoms with Gasteiger partial charge in [0, 0.05) is 10.7 Å². The van der Waals surface area contributed by atoms with Crippen molar-refractivity contribution in [1.29, 1.82) is 0 Å². The standard InChI is InChI=1S/C9H5ClF6O2S/c10-19(17,18)7(8(11,12)13,9(14,15)16)6-4-2-1-3-5-6/h1-5H. The van der Waals surface area contributed by atoms with E-state index < -0.39 is 31.7 Å². The van der Waals surface area contributed by atoms with E-state index in [1.54, 1.807) is 0 Å². The van der Waals surface area contributed by atoms with Crippen molar-refractivity contribution in [2.45, 2.75) is 17.1 Å². The normalized spacial score (nSPS) is 14.5. The first kappa shape index (κ1) is 16.1. The van der Waals surface area contributed by atoms with Crippen LogP contribution in [0, 0.1) is 0 Å². The molecule has 0 bridgehead atoms. The van der Waals surface area contributed by atoms with Crippen molar-refractivity contribution in [1.82, 2.24) is 0 Å². The first-order valence-corrected chi connectivity index (χ1v) is 6.80. The summed E-state index contributed by atoms with van der Waals surface area (Å²) in [5.41, 5.74) is -1.51. The van der Waals surface area contributed by atoms with Gasteiger partial charge in [0.05, 0.1) is 0 Å². The van der Waals surface area contributed by atoms with E-state index in [2.05, 4.69) is 10.7 Å². The summed E-state index contributed by atoms with van der Waals surface area (Å²) in [7, 11) is -1.58. The minimum absolute atomic E-state index is 0.404. The molecule has 0 amide bonds. The van der Waals surface area contributed by atoms with Crippen LogP contribution in [0.15, 0.2) is 30.3 Å². The lowest BCUT2D eigenvalue weighted by molar-refractivity contribution is -0.271. The second kappa shape index (κ2) is 4.55. The van der Waals surface area contributed by atoms with E-state index in [0.29, 0.717) is 12.1 Å². The molecule has 108 valence electrons. The van der Waals surface area contributed by atoms with Crippen LogP contribution < -0.4 is 0 Å². The number of benzene rings is 1. The van der Waals surface area contributed by atoms with Crippen LogP contribution in [0.1, 0.15) is 5.56 Å². The third-order valence-corrected chi connectivity index (χ3v) is 4.47. The largest absolute Gasteiger partial charge is 0.422 e. The summed E-state index contributed by atoms with van der Waals surface area (Å²) in [4.78, 5) is 0. The predicted molar refractivity (Wildman–Crippen MR) is 55.0 cm³/mol. The highest BCUT2D eigenvalue weighted by Gasteiger charge is 2.79. The molecule has 0 fully saturated rings. The van der Waals surface area contributed by atoms with Gasteiger partial charge in [-0.05, 0) is 5.56 Å². The Morgan fingerprint density at radius 3 is 1.47 bits per heavy atom. The minimum Gasteiger partial charge on any atom is -0.211 e. The zero-order valence-electron chi connectivity index (χ0n) is 8.76. The summed E-state index contributed by atoms with van der Waals surface area (Å²) in [5, 5.41) is 0. The lowest BCUT2D eigenvalue weighted by Gasteiger charge is -2.34. The van der Waals surface area contributed by atoms with Crippen molar-refractivity contribution >= 4 is 19.7 Å². The molecule has 0 aliphatic carbocycles. The zero-order chi connectivity index (χ0) is 15.1. The van der Waals surface area contributed by atoms with Crippen LogP contribution in [0.2, 0.25) is 0 Å². The molecule has 0 saturated heterocycles. The molecule has 1 aromatic rings. The van der Waals surface area contributed by atoms with Gasteiger partial charge in [0.1, 0.15) is 0 Å². The minimum atomic E-state index is -6.16. The lowest BCUT2D eigenvalue weighted by atomic mass is 9.97. The van der Waals surface area contributed by atoms with Crippen LogP contribution in [0.5, 0.6) is 0 Å². The monoisotopic (exact) mass is 326 g/mol. The smallest absolute Gasteiger partial charge is 0.211 e. The molecule has 1 rings (SSSR count). The van der Waals surface area contributed by atoms with Gasteiger partial charge >= 0.3 is 12.4 Å². The molecule has 0 radical (unpaired) electrons. The van der Waals surface area contributed by atoms with E-state index >= 15 is 0 Å². The van der Waals surface area contributed by atoms with Crippen LogP contribution in [-0.2, 0) is 13.8 Å². The first-order chi connectivity index (χ1) is 8.36. The van der Waals surface area contributed by atoms with Gasteiger partial charge in [0.25, 0.3) is 13.8 Å². The Balaban J connectivity index is 3.87. The van der Waals surface area contributed by atoms with Crippen molar-refractivity contribution < 1.29 is 34.8 Å². The quantitative estimate of drug-likeness (QED) is 0.615. The average Bonchev–Trinajstić information content (AvgIpc) is 2.12. The molecule has 0 aromatic heterocycles. The number of rotatable bonds is 2. The van der Waals surface area contributed by atoms with Gasteiger partial charge < -0.3 is 0 Å². The third-order valence-electron chi connectivity index (χ3n) is 2.34. The Morgan fingerprint density at radius 2 is 1.21 bits per heavy atom. The Hall–Kier alpha value is -0.960. The number of hydrogen-bond acceptors (Lipinski definition) is 2. The molecule has 2 nitrogen and oxygen atoms in total. The van der Waals surface area contributed by atoms with Crippen molar-refractivity contribution in [2.24, 2.45) is 0 Å². The first-order valence-electron chi connectivity index (χ1n) is 4.49. The summed E-state index contributed by atoms with van der Waals surface area (Å²) in [6.45, 7) is 0. The molecule has 10 heteroatoms. The SMILES string of the molecule is O=S(=O)(Cl)C(c1ccccc1)(C(F)(F)F)C(F)(F)F. The van der Waals surface area contributed by atoms with E-state index in [-0.39, 0.29) is 0 Å². The van der Waals surface area contributed by atoms with Gasteiger partial charge in [-0.1, -0.05) is 30.3 Å². The van der Waals surface area contributed by atoms with Gasteiger partial charge in [-0.15, -0.1) is 0 Å². The summed E-state index contributed by atoms with van der Waals surface area (Å²) in [6.07, 6.45) is -12.3. The van der Waals surface area contributed by atoms with Gasteiger partial charge in [0.2, 0.25) is 0 Å². The van der Waals surface area contributed by atoms with Gasteiger partial charge in [-0.3, -0.25) is 0 Å². The van der Waals surface area contributed by atoms with Gasteiger partial charge in [-0.25, -0.2) is 8.42 Å². The van der Waals surface area contributed by atoms with Crippen LogP contribution in [0.4, 0.5) is 26.3 Å². The van der Waals surface area contributed by atoms with Crippen molar-refractivity contribution in [2.75, 3.05) is 0 Å². The van der Waals surface area contributed by atoms with Crippen LogP contribution >= 0.6 is 10.7 Å². The fourth-order valence-electron chi connectivity index (χ4n) is 1.58. The van der Waals surface area contributed by atoms with Crippen molar-refractivity contribution in [3.8, 4) is 0 Å². The average molecular weight is 327 g/mol. The fourth-order valence-corrected chi connectivity index (χ4v) is 3.34. The molecular formula is C9H5ClF6O2S. The summed E-state index contributed by atoms with van der Waals surface area (Å²) >= 11 is 0. The maximum absolute atomic E-state index is 12.9. The Kier molecular flexibility index (Phi) is 3.85. The highest BCUT2D eigenvalue weighted by molar-refractivity contribution is 8.14.